The molecule has 2 aromatic rings. The predicted molar refractivity (Wildman–Crippen MR) is 82.1 cm³/mol. The van der Waals surface area contributed by atoms with Crippen molar-refractivity contribution in [2.45, 2.75) is 13.0 Å². The summed E-state index contributed by atoms with van der Waals surface area (Å²) in [6, 6.07) is 17.9. The summed E-state index contributed by atoms with van der Waals surface area (Å²) >= 11 is 0. The Kier molecular flexibility index (Phi) is 5.59. The normalized spacial score (nSPS) is 10.5. The third-order valence-corrected chi connectivity index (χ3v) is 2.98. The van der Waals surface area contributed by atoms with Crippen molar-refractivity contribution in [3.63, 3.8) is 0 Å². The molecule has 2 rings (SSSR count). The summed E-state index contributed by atoms with van der Waals surface area (Å²) in [5.74, 6) is 0.498. The van der Waals surface area contributed by atoms with Crippen molar-refractivity contribution in [1.29, 1.82) is 0 Å². The van der Waals surface area contributed by atoms with Gasteiger partial charge in [0.25, 0.3) is 0 Å². The summed E-state index contributed by atoms with van der Waals surface area (Å²) in [5, 5.41) is 0. The van der Waals surface area contributed by atoms with Crippen molar-refractivity contribution in [2.24, 2.45) is 0 Å². The smallest absolute Gasteiger partial charge is 0.330 e. The zero-order chi connectivity index (χ0) is 14.9. The molecule has 108 valence electrons. The van der Waals surface area contributed by atoms with Crippen LogP contribution >= 0.6 is 0 Å². The Balaban J connectivity index is 1.84. The number of ether oxygens (including phenoxy) is 2. The minimum Gasteiger partial charge on any atom is -0.489 e. The molecule has 0 unspecified atom stereocenters. The van der Waals surface area contributed by atoms with Gasteiger partial charge in [-0.15, -0.1) is 0 Å². The standard InChI is InChI=1S/C18H18O3/c1-20-18(19)9-5-8-15-10-12-17(13-11-15)21-14-16-6-3-2-4-7-16/h2-7,9-13H,8,14H2,1H3. The first-order valence-electron chi connectivity index (χ1n) is 6.78. The Morgan fingerprint density at radius 2 is 1.71 bits per heavy atom. The lowest BCUT2D eigenvalue weighted by Gasteiger charge is -2.06. The molecular formula is C18H18O3. The Hall–Kier alpha value is -2.55. The highest BCUT2D eigenvalue weighted by molar-refractivity contribution is 5.81. The maximum absolute atomic E-state index is 10.9. The molecule has 3 nitrogen and oxygen atoms in total. The van der Waals surface area contributed by atoms with Crippen LogP contribution in [0.3, 0.4) is 0 Å². The molecular weight excluding hydrogens is 264 g/mol. The van der Waals surface area contributed by atoms with E-state index in [1.54, 1.807) is 6.08 Å². The number of carbonyl (C=O) groups excluding carboxylic acids is 1. The summed E-state index contributed by atoms with van der Waals surface area (Å²) < 4.78 is 10.3. The predicted octanol–water partition coefficient (Wildman–Crippen LogP) is 3.54. The summed E-state index contributed by atoms with van der Waals surface area (Å²) in [6.07, 6.45) is 3.90. The molecule has 0 saturated heterocycles. The molecule has 0 spiro atoms. The van der Waals surface area contributed by atoms with E-state index in [-0.39, 0.29) is 5.97 Å². The van der Waals surface area contributed by atoms with Crippen LogP contribution < -0.4 is 4.74 Å². The van der Waals surface area contributed by atoms with Gasteiger partial charge in [-0.05, 0) is 29.7 Å². The summed E-state index contributed by atoms with van der Waals surface area (Å²) in [4.78, 5) is 10.9. The Bertz CT molecular complexity index is 586. The Morgan fingerprint density at radius 1 is 1.00 bits per heavy atom. The lowest BCUT2D eigenvalue weighted by Crippen LogP contribution is -1.95. The first kappa shape index (κ1) is 14.9. The zero-order valence-corrected chi connectivity index (χ0v) is 12.0. The van der Waals surface area contributed by atoms with Crippen LogP contribution in [0.25, 0.3) is 0 Å². The van der Waals surface area contributed by atoms with E-state index in [9.17, 15) is 4.79 Å². The third-order valence-electron chi connectivity index (χ3n) is 2.98. The van der Waals surface area contributed by atoms with Gasteiger partial charge < -0.3 is 9.47 Å². The van der Waals surface area contributed by atoms with E-state index in [1.165, 1.54) is 13.2 Å². The molecule has 0 N–H and O–H groups in total. The molecule has 0 aliphatic carbocycles. The molecule has 0 heterocycles. The number of rotatable bonds is 6. The molecule has 0 aromatic heterocycles. The van der Waals surface area contributed by atoms with Gasteiger partial charge in [-0.3, -0.25) is 0 Å². The largest absolute Gasteiger partial charge is 0.489 e. The fourth-order valence-corrected chi connectivity index (χ4v) is 1.82. The maximum Gasteiger partial charge on any atom is 0.330 e. The van der Waals surface area contributed by atoms with E-state index in [2.05, 4.69) is 4.74 Å². The Morgan fingerprint density at radius 3 is 2.38 bits per heavy atom. The molecule has 0 aliphatic heterocycles. The van der Waals surface area contributed by atoms with Gasteiger partial charge in [-0.25, -0.2) is 4.79 Å². The van der Waals surface area contributed by atoms with Crippen molar-refractivity contribution in [3.8, 4) is 5.75 Å². The van der Waals surface area contributed by atoms with Gasteiger partial charge in [0, 0.05) is 6.08 Å². The molecule has 0 bridgehead atoms. The summed E-state index contributed by atoms with van der Waals surface area (Å²) in [7, 11) is 1.37. The number of esters is 1. The van der Waals surface area contributed by atoms with Crippen molar-refractivity contribution in [2.75, 3.05) is 7.11 Å². The van der Waals surface area contributed by atoms with Crippen molar-refractivity contribution in [1.82, 2.24) is 0 Å². The van der Waals surface area contributed by atoms with E-state index < -0.39 is 0 Å². The minimum absolute atomic E-state index is 0.335. The molecule has 0 fully saturated rings. The van der Waals surface area contributed by atoms with Crippen LogP contribution in [0, 0.1) is 0 Å². The van der Waals surface area contributed by atoms with Gasteiger partial charge >= 0.3 is 5.97 Å². The van der Waals surface area contributed by atoms with Gasteiger partial charge in [0.05, 0.1) is 7.11 Å². The summed E-state index contributed by atoms with van der Waals surface area (Å²) in [5.41, 5.74) is 2.25. The molecule has 2 aromatic carbocycles. The van der Waals surface area contributed by atoms with Crippen LogP contribution in [0.1, 0.15) is 11.1 Å². The lowest BCUT2D eigenvalue weighted by molar-refractivity contribution is -0.134. The van der Waals surface area contributed by atoms with Crippen LogP contribution in [-0.4, -0.2) is 13.1 Å². The van der Waals surface area contributed by atoms with Gasteiger partial charge in [0.1, 0.15) is 12.4 Å². The van der Waals surface area contributed by atoms with E-state index in [0.29, 0.717) is 13.0 Å². The quantitative estimate of drug-likeness (QED) is 0.600. The van der Waals surface area contributed by atoms with Crippen molar-refractivity contribution in [3.05, 3.63) is 77.9 Å². The van der Waals surface area contributed by atoms with E-state index >= 15 is 0 Å². The van der Waals surface area contributed by atoms with Crippen LogP contribution in [0.2, 0.25) is 0 Å². The molecule has 21 heavy (non-hydrogen) atoms. The lowest BCUT2D eigenvalue weighted by atomic mass is 10.1. The third kappa shape index (κ3) is 5.15. The highest BCUT2D eigenvalue weighted by atomic mass is 16.5. The van der Waals surface area contributed by atoms with Crippen LogP contribution in [-0.2, 0) is 22.6 Å². The van der Waals surface area contributed by atoms with Gasteiger partial charge in [0.15, 0.2) is 0 Å². The number of benzene rings is 2. The highest BCUT2D eigenvalue weighted by Crippen LogP contribution is 2.14. The van der Waals surface area contributed by atoms with E-state index in [1.807, 2.05) is 54.6 Å². The minimum atomic E-state index is -0.335. The summed E-state index contributed by atoms with van der Waals surface area (Å²) in [6.45, 7) is 0.558. The van der Waals surface area contributed by atoms with Crippen LogP contribution in [0.5, 0.6) is 5.75 Å². The average Bonchev–Trinajstić information content (AvgIpc) is 2.55. The van der Waals surface area contributed by atoms with Crippen LogP contribution in [0.4, 0.5) is 0 Å². The average molecular weight is 282 g/mol. The second-order valence-electron chi connectivity index (χ2n) is 4.55. The van der Waals surface area contributed by atoms with Gasteiger partial charge in [-0.1, -0.05) is 48.5 Å². The highest BCUT2D eigenvalue weighted by Gasteiger charge is 1.97. The van der Waals surface area contributed by atoms with Crippen molar-refractivity contribution >= 4 is 5.97 Å². The SMILES string of the molecule is COC(=O)C=CCc1ccc(OCc2ccccc2)cc1. The van der Waals surface area contributed by atoms with E-state index in [0.717, 1.165) is 16.9 Å². The maximum atomic E-state index is 10.9. The Labute approximate surface area is 124 Å². The van der Waals surface area contributed by atoms with Crippen LogP contribution in [0.15, 0.2) is 66.7 Å². The molecule has 3 heteroatoms. The number of hydrogen-bond donors (Lipinski definition) is 0. The molecule has 0 saturated carbocycles. The number of hydrogen-bond acceptors (Lipinski definition) is 3. The van der Waals surface area contributed by atoms with Crippen molar-refractivity contribution < 1.29 is 14.3 Å². The second-order valence-corrected chi connectivity index (χ2v) is 4.55. The topological polar surface area (TPSA) is 35.5 Å². The zero-order valence-electron chi connectivity index (χ0n) is 12.0. The van der Waals surface area contributed by atoms with Gasteiger partial charge in [0.2, 0.25) is 0 Å². The molecule has 0 amide bonds. The van der Waals surface area contributed by atoms with E-state index in [4.69, 9.17) is 4.74 Å². The number of carbonyl (C=O) groups is 1. The molecule has 0 atom stereocenters. The van der Waals surface area contributed by atoms with Gasteiger partial charge in [-0.2, -0.15) is 0 Å². The second kappa shape index (κ2) is 7.90. The first-order chi connectivity index (χ1) is 10.3. The first-order valence-corrected chi connectivity index (χ1v) is 6.78. The fraction of sp³-hybridized carbons (Fsp3) is 0.167. The monoisotopic (exact) mass is 282 g/mol. The number of methoxy groups -OCH3 is 1. The molecule has 0 aliphatic rings. The fourth-order valence-electron chi connectivity index (χ4n) is 1.82. The molecule has 0 radical (unpaired) electrons. The number of allylic oxidation sites excluding steroid dienone is 1.